The van der Waals surface area contributed by atoms with Crippen molar-refractivity contribution in [2.45, 2.75) is 52.4 Å². The van der Waals surface area contributed by atoms with Crippen LogP contribution in [0, 0.1) is 0 Å². The van der Waals surface area contributed by atoms with E-state index in [0.717, 1.165) is 0 Å². The van der Waals surface area contributed by atoms with Gasteiger partial charge in [0.15, 0.2) is 12.0 Å². The number of carbonyl (C=O) groups excluding carboxylic acids is 1. The molecule has 0 amide bonds. The van der Waals surface area contributed by atoms with E-state index < -0.39 is 16.5 Å². The van der Waals surface area contributed by atoms with Gasteiger partial charge in [-0.25, -0.2) is 4.79 Å². The minimum atomic E-state index is -0.657. The van der Waals surface area contributed by atoms with E-state index in [2.05, 4.69) is 0 Å². The monoisotopic (exact) mass is 252 g/mol. The lowest BCUT2D eigenvalue weighted by atomic mass is 9.80. The normalized spacial score (nSPS) is 12.6. The molecule has 0 aliphatic heterocycles. The molecule has 0 saturated heterocycles. The Kier molecular flexibility index (Phi) is 3.43. The van der Waals surface area contributed by atoms with Crippen LogP contribution in [0.25, 0.3) is 0 Å². The third-order valence-electron chi connectivity index (χ3n) is 2.73. The van der Waals surface area contributed by atoms with Crippen molar-refractivity contribution in [3.05, 3.63) is 27.3 Å². The Bertz CT molecular complexity index is 524. The summed E-state index contributed by atoms with van der Waals surface area (Å²) in [5, 5.41) is 10.3. The second-order valence-electron chi connectivity index (χ2n) is 6.47. The van der Waals surface area contributed by atoms with Crippen LogP contribution in [-0.2, 0) is 10.8 Å². The zero-order valence-electron chi connectivity index (χ0n) is 11.7. The van der Waals surface area contributed by atoms with E-state index in [1.165, 1.54) is 0 Å². The second-order valence-corrected chi connectivity index (χ2v) is 6.47. The Morgan fingerprint density at radius 3 is 1.78 bits per heavy atom. The van der Waals surface area contributed by atoms with Crippen molar-refractivity contribution >= 4 is 6.29 Å². The number of hydrogen-bond donors (Lipinski definition) is 1. The zero-order chi connectivity index (χ0) is 14.3. The van der Waals surface area contributed by atoms with Gasteiger partial charge in [-0.1, -0.05) is 41.5 Å². The molecule has 0 aliphatic carbocycles. The number of carbonyl (C=O) groups is 1. The molecule has 0 aliphatic rings. The summed E-state index contributed by atoms with van der Waals surface area (Å²) < 4.78 is 5.04. The first kappa shape index (κ1) is 14.5. The second kappa shape index (κ2) is 4.26. The molecular formula is C14H20O4. The van der Waals surface area contributed by atoms with Crippen molar-refractivity contribution in [3.8, 4) is 5.75 Å². The summed E-state index contributed by atoms with van der Waals surface area (Å²) >= 11 is 0. The summed E-state index contributed by atoms with van der Waals surface area (Å²) in [5.41, 5.74) is -1.11. The molecule has 0 spiro atoms. The first-order valence-corrected chi connectivity index (χ1v) is 5.86. The van der Waals surface area contributed by atoms with E-state index in [1.807, 2.05) is 41.5 Å². The van der Waals surface area contributed by atoms with E-state index >= 15 is 0 Å². The Morgan fingerprint density at radius 1 is 1.00 bits per heavy atom. The zero-order valence-corrected chi connectivity index (χ0v) is 11.7. The third-order valence-corrected chi connectivity index (χ3v) is 2.73. The van der Waals surface area contributed by atoms with Crippen LogP contribution in [0.1, 0.15) is 63.2 Å². The van der Waals surface area contributed by atoms with Gasteiger partial charge in [0.25, 0.3) is 0 Å². The van der Waals surface area contributed by atoms with Gasteiger partial charge in [0.2, 0.25) is 0 Å². The molecule has 0 bridgehead atoms. The minimum Gasteiger partial charge on any atom is -0.507 e. The lowest BCUT2D eigenvalue weighted by Crippen LogP contribution is -2.26. The number of hydrogen-bond acceptors (Lipinski definition) is 4. The first-order chi connectivity index (χ1) is 8.00. The average molecular weight is 252 g/mol. The largest absolute Gasteiger partial charge is 0.507 e. The van der Waals surface area contributed by atoms with Crippen molar-refractivity contribution in [2.24, 2.45) is 0 Å². The SMILES string of the molecule is CC(C)(C)c1c(C=O)oc(=O)c(C(C)(C)C)c1O. The van der Waals surface area contributed by atoms with Crippen LogP contribution in [-0.4, -0.2) is 11.4 Å². The molecule has 0 fully saturated rings. The van der Waals surface area contributed by atoms with Crippen molar-refractivity contribution in [1.82, 2.24) is 0 Å². The first-order valence-electron chi connectivity index (χ1n) is 5.86. The molecule has 1 N–H and O–H groups in total. The number of aldehydes is 1. The van der Waals surface area contributed by atoms with Gasteiger partial charge in [0, 0.05) is 5.56 Å². The third kappa shape index (κ3) is 2.47. The van der Waals surface area contributed by atoms with Gasteiger partial charge in [-0.3, -0.25) is 4.79 Å². The molecular weight excluding hydrogens is 232 g/mol. The van der Waals surface area contributed by atoms with Crippen LogP contribution >= 0.6 is 0 Å². The maximum Gasteiger partial charge on any atom is 0.343 e. The van der Waals surface area contributed by atoms with Gasteiger partial charge in [0.1, 0.15) is 5.75 Å². The van der Waals surface area contributed by atoms with E-state index in [9.17, 15) is 14.7 Å². The van der Waals surface area contributed by atoms with E-state index in [-0.39, 0.29) is 17.1 Å². The summed E-state index contributed by atoms with van der Waals surface area (Å²) in [6.45, 7) is 11.0. The van der Waals surface area contributed by atoms with Crippen LogP contribution in [0.4, 0.5) is 0 Å². The van der Waals surface area contributed by atoms with Gasteiger partial charge >= 0.3 is 5.63 Å². The molecule has 0 aromatic carbocycles. The fourth-order valence-electron chi connectivity index (χ4n) is 2.01. The molecule has 4 heteroatoms. The molecule has 1 aromatic heterocycles. The Hall–Kier alpha value is -1.58. The van der Waals surface area contributed by atoms with Gasteiger partial charge in [-0.05, 0) is 10.8 Å². The van der Waals surface area contributed by atoms with Crippen molar-refractivity contribution in [3.63, 3.8) is 0 Å². The van der Waals surface area contributed by atoms with Crippen LogP contribution in [0.2, 0.25) is 0 Å². The van der Waals surface area contributed by atoms with Crippen LogP contribution in [0.15, 0.2) is 9.21 Å². The molecule has 1 aromatic rings. The van der Waals surface area contributed by atoms with Gasteiger partial charge in [0.05, 0.1) is 5.56 Å². The van der Waals surface area contributed by atoms with Gasteiger partial charge in [-0.2, -0.15) is 0 Å². The fourth-order valence-corrected chi connectivity index (χ4v) is 2.01. The predicted molar refractivity (Wildman–Crippen MR) is 69.4 cm³/mol. The van der Waals surface area contributed by atoms with Crippen molar-refractivity contribution in [1.29, 1.82) is 0 Å². The molecule has 100 valence electrons. The Balaban J connectivity index is 3.82. The maximum atomic E-state index is 11.9. The quantitative estimate of drug-likeness (QED) is 0.780. The standard InChI is InChI=1S/C14H20O4/c1-13(2,3)9-8(7-15)18-12(17)10(11(9)16)14(4,5)6/h7,16H,1-6H3. The lowest BCUT2D eigenvalue weighted by molar-refractivity contribution is 0.109. The summed E-state index contributed by atoms with van der Waals surface area (Å²) in [4.78, 5) is 22.9. The smallest absolute Gasteiger partial charge is 0.343 e. The molecule has 0 radical (unpaired) electrons. The summed E-state index contributed by atoms with van der Waals surface area (Å²) in [6.07, 6.45) is 0.466. The molecule has 1 rings (SSSR count). The summed E-state index contributed by atoms with van der Waals surface area (Å²) in [7, 11) is 0. The highest BCUT2D eigenvalue weighted by atomic mass is 16.4. The highest BCUT2D eigenvalue weighted by Crippen LogP contribution is 2.38. The van der Waals surface area contributed by atoms with Gasteiger partial charge < -0.3 is 9.52 Å². The van der Waals surface area contributed by atoms with Gasteiger partial charge in [-0.15, -0.1) is 0 Å². The molecule has 18 heavy (non-hydrogen) atoms. The van der Waals surface area contributed by atoms with Crippen LogP contribution in [0.5, 0.6) is 5.75 Å². The average Bonchev–Trinajstić information content (AvgIpc) is 2.11. The molecule has 4 nitrogen and oxygen atoms in total. The molecule has 0 saturated carbocycles. The highest BCUT2D eigenvalue weighted by Gasteiger charge is 2.32. The molecule has 0 atom stereocenters. The fraction of sp³-hybridized carbons (Fsp3) is 0.571. The summed E-state index contributed by atoms with van der Waals surface area (Å²) in [5.74, 6) is -0.230. The molecule has 0 unspecified atom stereocenters. The Morgan fingerprint density at radius 2 is 1.44 bits per heavy atom. The van der Waals surface area contributed by atoms with Crippen molar-refractivity contribution in [2.75, 3.05) is 0 Å². The van der Waals surface area contributed by atoms with E-state index in [1.54, 1.807) is 0 Å². The maximum absolute atomic E-state index is 11.9. The lowest BCUT2D eigenvalue weighted by Gasteiger charge is -2.26. The van der Waals surface area contributed by atoms with Crippen molar-refractivity contribution < 1.29 is 14.3 Å². The highest BCUT2D eigenvalue weighted by molar-refractivity contribution is 5.75. The number of rotatable bonds is 1. The Labute approximate surface area is 107 Å². The van der Waals surface area contributed by atoms with Crippen LogP contribution < -0.4 is 5.63 Å². The predicted octanol–water partition coefficient (Wildman–Crippen LogP) is 2.75. The van der Waals surface area contributed by atoms with E-state index in [0.29, 0.717) is 11.8 Å². The van der Waals surface area contributed by atoms with Crippen LogP contribution in [0.3, 0.4) is 0 Å². The minimum absolute atomic E-state index is 0.0991. The number of aromatic hydroxyl groups is 1. The summed E-state index contributed by atoms with van der Waals surface area (Å²) in [6, 6.07) is 0. The van der Waals surface area contributed by atoms with E-state index in [4.69, 9.17) is 4.42 Å². The molecule has 1 heterocycles. The topological polar surface area (TPSA) is 67.5 Å².